The summed E-state index contributed by atoms with van der Waals surface area (Å²) < 4.78 is 22.7. The van der Waals surface area contributed by atoms with Crippen molar-refractivity contribution in [2.75, 3.05) is 18.6 Å². The summed E-state index contributed by atoms with van der Waals surface area (Å²) in [5.74, 6) is 0.961. The molecule has 0 aliphatic rings. The number of aryl methyl sites for hydroxylation is 1. The Morgan fingerprint density at radius 2 is 1.86 bits per heavy atom. The minimum absolute atomic E-state index is 0.373. The SMILES string of the molecule is Cc1ccc(CNCCSc2ccc(S(C)(=O)=O)cc2)s1. The van der Waals surface area contributed by atoms with E-state index in [4.69, 9.17) is 0 Å². The molecule has 0 atom stereocenters. The Morgan fingerprint density at radius 1 is 1.14 bits per heavy atom. The van der Waals surface area contributed by atoms with Crippen molar-refractivity contribution in [3.8, 4) is 0 Å². The summed E-state index contributed by atoms with van der Waals surface area (Å²) in [5.41, 5.74) is 0. The minimum Gasteiger partial charge on any atom is -0.311 e. The third-order valence-electron chi connectivity index (χ3n) is 2.89. The van der Waals surface area contributed by atoms with E-state index < -0.39 is 9.84 Å². The molecule has 1 heterocycles. The molecule has 0 unspecified atom stereocenters. The first-order chi connectivity index (χ1) is 9.95. The lowest BCUT2D eigenvalue weighted by atomic mass is 10.4. The van der Waals surface area contributed by atoms with Crippen LogP contribution in [0.3, 0.4) is 0 Å². The number of hydrogen-bond donors (Lipinski definition) is 1. The Hall–Kier alpha value is -0.820. The molecule has 21 heavy (non-hydrogen) atoms. The molecule has 0 saturated carbocycles. The van der Waals surface area contributed by atoms with Gasteiger partial charge in [0.25, 0.3) is 0 Å². The average molecular weight is 342 g/mol. The molecule has 1 aromatic heterocycles. The van der Waals surface area contributed by atoms with Gasteiger partial charge in [0.2, 0.25) is 0 Å². The lowest BCUT2D eigenvalue weighted by molar-refractivity contribution is 0.602. The fourth-order valence-corrected chi connectivity index (χ4v) is 4.12. The third kappa shape index (κ3) is 5.47. The van der Waals surface area contributed by atoms with E-state index in [1.165, 1.54) is 16.0 Å². The largest absolute Gasteiger partial charge is 0.311 e. The van der Waals surface area contributed by atoms with Gasteiger partial charge in [0.15, 0.2) is 9.84 Å². The van der Waals surface area contributed by atoms with Crippen LogP contribution in [-0.4, -0.2) is 27.0 Å². The van der Waals surface area contributed by atoms with Gasteiger partial charge in [-0.3, -0.25) is 0 Å². The smallest absolute Gasteiger partial charge is 0.175 e. The molecule has 0 radical (unpaired) electrons. The summed E-state index contributed by atoms with van der Waals surface area (Å²) in [6.07, 6.45) is 1.23. The summed E-state index contributed by atoms with van der Waals surface area (Å²) >= 11 is 3.55. The lowest BCUT2D eigenvalue weighted by Crippen LogP contribution is -2.15. The zero-order valence-electron chi connectivity index (χ0n) is 12.1. The molecule has 0 bridgehead atoms. The minimum atomic E-state index is -3.10. The second-order valence-corrected chi connectivity index (χ2v) is 9.34. The van der Waals surface area contributed by atoms with Gasteiger partial charge in [-0.05, 0) is 43.3 Å². The monoisotopic (exact) mass is 341 g/mol. The molecule has 2 aromatic rings. The second kappa shape index (κ2) is 7.45. The Bertz CT molecular complexity index is 675. The van der Waals surface area contributed by atoms with E-state index in [2.05, 4.69) is 24.4 Å². The van der Waals surface area contributed by atoms with Gasteiger partial charge >= 0.3 is 0 Å². The van der Waals surface area contributed by atoms with Crippen LogP contribution in [0.25, 0.3) is 0 Å². The molecular weight excluding hydrogens is 322 g/mol. The van der Waals surface area contributed by atoms with Gasteiger partial charge in [0, 0.05) is 39.7 Å². The Morgan fingerprint density at radius 3 is 2.43 bits per heavy atom. The molecule has 2 rings (SSSR count). The van der Waals surface area contributed by atoms with Crippen molar-refractivity contribution in [3.05, 3.63) is 46.2 Å². The molecule has 1 aromatic carbocycles. The van der Waals surface area contributed by atoms with E-state index in [1.807, 2.05) is 23.5 Å². The highest BCUT2D eigenvalue weighted by atomic mass is 32.2. The zero-order chi connectivity index (χ0) is 15.3. The van der Waals surface area contributed by atoms with Crippen molar-refractivity contribution in [2.45, 2.75) is 23.3 Å². The van der Waals surface area contributed by atoms with Crippen LogP contribution in [0.5, 0.6) is 0 Å². The van der Waals surface area contributed by atoms with Gasteiger partial charge in [-0.25, -0.2) is 8.42 Å². The van der Waals surface area contributed by atoms with Crippen molar-refractivity contribution in [2.24, 2.45) is 0 Å². The fraction of sp³-hybridized carbons (Fsp3) is 0.333. The normalized spacial score (nSPS) is 11.7. The second-order valence-electron chi connectivity index (χ2n) is 4.78. The molecule has 0 fully saturated rings. The highest BCUT2D eigenvalue weighted by Crippen LogP contribution is 2.20. The summed E-state index contributed by atoms with van der Waals surface area (Å²) in [4.78, 5) is 4.16. The van der Waals surface area contributed by atoms with E-state index in [0.29, 0.717) is 4.90 Å². The highest BCUT2D eigenvalue weighted by molar-refractivity contribution is 7.99. The van der Waals surface area contributed by atoms with Crippen LogP contribution in [0.2, 0.25) is 0 Å². The van der Waals surface area contributed by atoms with Crippen LogP contribution in [-0.2, 0) is 16.4 Å². The number of hydrogen-bond acceptors (Lipinski definition) is 5. The summed E-state index contributed by atoms with van der Waals surface area (Å²) in [5, 5.41) is 3.41. The van der Waals surface area contributed by atoms with Gasteiger partial charge in [-0.15, -0.1) is 23.1 Å². The zero-order valence-corrected chi connectivity index (χ0v) is 14.6. The molecule has 0 spiro atoms. The summed E-state index contributed by atoms with van der Waals surface area (Å²) in [7, 11) is -3.10. The van der Waals surface area contributed by atoms with Crippen LogP contribution in [0.4, 0.5) is 0 Å². The standard InChI is InChI=1S/C15H19NO2S3/c1-12-3-4-14(20-12)11-16-9-10-19-13-5-7-15(8-6-13)21(2,17)18/h3-8,16H,9-11H2,1-2H3. The summed E-state index contributed by atoms with van der Waals surface area (Å²) in [6.45, 7) is 3.95. The number of thioether (sulfide) groups is 1. The molecule has 0 amide bonds. The third-order valence-corrected chi connectivity index (χ3v) is 6.04. The van der Waals surface area contributed by atoms with Crippen molar-refractivity contribution in [1.29, 1.82) is 0 Å². The number of rotatable bonds is 7. The van der Waals surface area contributed by atoms with E-state index in [9.17, 15) is 8.42 Å². The van der Waals surface area contributed by atoms with Crippen LogP contribution in [0.1, 0.15) is 9.75 Å². The number of thiophene rings is 1. The van der Waals surface area contributed by atoms with Crippen LogP contribution < -0.4 is 5.32 Å². The Labute approximate surface area is 134 Å². The maximum atomic E-state index is 11.4. The average Bonchev–Trinajstić information content (AvgIpc) is 2.84. The molecule has 0 aliphatic heterocycles. The first-order valence-electron chi connectivity index (χ1n) is 6.64. The van der Waals surface area contributed by atoms with Crippen LogP contribution in [0, 0.1) is 6.92 Å². The molecule has 1 N–H and O–H groups in total. The maximum absolute atomic E-state index is 11.4. The van der Waals surface area contributed by atoms with Crippen LogP contribution in [0.15, 0.2) is 46.2 Å². The topological polar surface area (TPSA) is 46.2 Å². The molecular formula is C15H19NO2S3. The first-order valence-corrected chi connectivity index (χ1v) is 10.3. The highest BCUT2D eigenvalue weighted by Gasteiger charge is 2.06. The number of nitrogens with one attached hydrogen (secondary N) is 1. The van der Waals surface area contributed by atoms with Gasteiger partial charge in [-0.2, -0.15) is 0 Å². The predicted molar refractivity (Wildman–Crippen MR) is 91.0 cm³/mol. The van der Waals surface area contributed by atoms with Gasteiger partial charge in [-0.1, -0.05) is 0 Å². The van der Waals surface area contributed by atoms with Crippen molar-refractivity contribution < 1.29 is 8.42 Å². The van der Waals surface area contributed by atoms with E-state index in [1.54, 1.807) is 23.9 Å². The van der Waals surface area contributed by atoms with Gasteiger partial charge < -0.3 is 5.32 Å². The lowest BCUT2D eigenvalue weighted by Gasteiger charge is -2.04. The Kier molecular flexibility index (Phi) is 5.87. The maximum Gasteiger partial charge on any atom is 0.175 e. The molecule has 3 nitrogen and oxygen atoms in total. The molecule has 6 heteroatoms. The van der Waals surface area contributed by atoms with Gasteiger partial charge in [0.05, 0.1) is 4.90 Å². The van der Waals surface area contributed by atoms with E-state index in [0.717, 1.165) is 23.7 Å². The van der Waals surface area contributed by atoms with Crippen molar-refractivity contribution in [1.82, 2.24) is 5.32 Å². The van der Waals surface area contributed by atoms with E-state index >= 15 is 0 Å². The molecule has 114 valence electrons. The van der Waals surface area contributed by atoms with Crippen LogP contribution >= 0.6 is 23.1 Å². The van der Waals surface area contributed by atoms with Crippen molar-refractivity contribution in [3.63, 3.8) is 0 Å². The molecule has 0 aliphatic carbocycles. The number of sulfone groups is 1. The molecule has 0 saturated heterocycles. The predicted octanol–water partition coefficient (Wildman–Crippen LogP) is 3.34. The van der Waals surface area contributed by atoms with E-state index in [-0.39, 0.29) is 0 Å². The Balaban J connectivity index is 1.71. The number of benzene rings is 1. The fourth-order valence-electron chi connectivity index (χ4n) is 1.82. The quantitative estimate of drug-likeness (QED) is 0.620. The first kappa shape index (κ1) is 16.5. The van der Waals surface area contributed by atoms with Crippen molar-refractivity contribution >= 4 is 32.9 Å². The summed E-state index contributed by atoms with van der Waals surface area (Å²) in [6, 6.07) is 11.4. The van der Waals surface area contributed by atoms with Gasteiger partial charge in [0.1, 0.15) is 0 Å².